The lowest BCUT2D eigenvalue weighted by molar-refractivity contribution is 0.243. The van der Waals surface area contributed by atoms with Gasteiger partial charge >= 0.3 is 6.03 Å². The summed E-state index contributed by atoms with van der Waals surface area (Å²) in [5.41, 5.74) is 5.67. The van der Waals surface area contributed by atoms with E-state index in [2.05, 4.69) is 8.85 Å². The van der Waals surface area contributed by atoms with Gasteiger partial charge < -0.3 is 11.1 Å². The van der Waals surface area contributed by atoms with Gasteiger partial charge in [0.1, 0.15) is 0 Å². The first-order chi connectivity index (χ1) is 5.22. The minimum Gasteiger partial charge on any atom is -0.335 e. The number of hydrogen-bond acceptors (Lipinski definition) is 2. The summed E-state index contributed by atoms with van der Waals surface area (Å²) in [5.74, 6) is 0. The van der Waals surface area contributed by atoms with Crippen LogP contribution in [-0.2, 0) is 0 Å². The average Bonchev–Trinajstić information content (AvgIpc) is 2.35. The molecule has 0 aliphatic heterocycles. The van der Waals surface area contributed by atoms with Gasteiger partial charge in [-0.15, -0.1) is 0 Å². The van der Waals surface area contributed by atoms with Crippen LogP contribution in [0.2, 0.25) is 0 Å². The third kappa shape index (κ3) is 2.82. The Morgan fingerprint density at radius 3 is 2.73 bits per heavy atom. The molecule has 1 aliphatic rings. The molecular formula is C6H12IN3O. The summed E-state index contributed by atoms with van der Waals surface area (Å²) >= 11 is 1.81. The second-order valence-corrected chi connectivity index (χ2v) is 3.38. The van der Waals surface area contributed by atoms with Gasteiger partial charge in [-0.2, -0.15) is 0 Å². The van der Waals surface area contributed by atoms with Gasteiger partial charge in [0.2, 0.25) is 0 Å². The highest BCUT2D eigenvalue weighted by Crippen LogP contribution is 2.16. The molecule has 0 radical (unpaired) electrons. The highest BCUT2D eigenvalue weighted by molar-refractivity contribution is 14.1. The van der Waals surface area contributed by atoms with Crippen LogP contribution < -0.4 is 14.6 Å². The zero-order valence-electron chi connectivity index (χ0n) is 6.14. The average molecular weight is 269 g/mol. The molecule has 64 valence electrons. The minimum atomic E-state index is -0.121. The van der Waals surface area contributed by atoms with Crippen LogP contribution in [0.15, 0.2) is 0 Å². The number of hydrogen-bond donors (Lipinski definition) is 3. The van der Waals surface area contributed by atoms with E-state index in [4.69, 9.17) is 5.73 Å². The number of urea groups is 1. The van der Waals surface area contributed by atoms with Crippen molar-refractivity contribution >= 4 is 28.9 Å². The lowest BCUT2D eigenvalue weighted by atomic mass is 10.2. The molecule has 1 aliphatic carbocycles. The first kappa shape index (κ1) is 9.05. The Balaban J connectivity index is 2.23. The molecule has 0 saturated heterocycles. The van der Waals surface area contributed by atoms with Crippen molar-refractivity contribution in [2.24, 2.45) is 5.73 Å². The van der Waals surface area contributed by atoms with Crippen molar-refractivity contribution in [3.8, 4) is 0 Å². The number of carbonyl (C=O) groups excluding carboxylic acids is 1. The fourth-order valence-electron chi connectivity index (χ4n) is 1.36. The van der Waals surface area contributed by atoms with Gasteiger partial charge in [0, 0.05) is 12.1 Å². The fraction of sp³-hybridized carbons (Fsp3) is 0.833. The number of halogens is 1. The Hall–Kier alpha value is -0.0400. The van der Waals surface area contributed by atoms with Gasteiger partial charge in [0.05, 0.1) is 22.9 Å². The van der Waals surface area contributed by atoms with E-state index in [0.717, 1.165) is 19.3 Å². The Morgan fingerprint density at radius 1 is 1.55 bits per heavy atom. The molecule has 0 spiro atoms. The van der Waals surface area contributed by atoms with Gasteiger partial charge in [-0.25, -0.2) is 4.79 Å². The van der Waals surface area contributed by atoms with Gasteiger partial charge in [0.15, 0.2) is 0 Å². The minimum absolute atomic E-state index is 0.121. The number of amides is 2. The SMILES string of the molecule is NC1CCC(NC(=O)NI)C1. The van der Waals surface area contributed by atoms with E-state index in [1.54, 1.807) is 0 Å². The predicted octanol–water partition coefficient (Wildman–Crippen LogP) is 0.515. The summed E-state index contributed by atoms with van der Waals surface area (Å²) in [6, 6.07) is 0.430. The van der Waals surface area contributed by atoms with Crippen molar-refractivity contribution in [2.45, 2.75) is 31.3 Å². The second kappa shape index (κ2) is 4.10. The van der Waals surface area contributed by atoms with Crippen molar-refractivity contribution in [2.75, 3.05) is 0 Å². The normalized spacial score (nSPS) is 30.0. The number of carbonyl (C=O) groups is 1. The maximum absolute atomic E-state index is 10.8. The third-order valence-electron chi connectivity index (χ3n) is 1.89. The van der Waals surface area contributed by atoms with E-state index in [9.17, 15) is 4.79 Å². The van der Waals surface area contributed by atoms with Gasteiger partial charge in [-0.05, 0) is 19.3 Å². The van der Waals surface area contributed by atoms with Crippen molar-refractivity contribution < 1.29 is 4.79 Å². The highest BCUT2D eigenvalue weighted by Gasteiger charge is 2.22. The molecule has 11 heavy (non-hydrogen) atoms. The number of nitrogens with two attached hydrogens (primary N) is 1. The van der Waals surface area contributed by atoms with Gasteiger partial charge in [-0.1, -0.05) is 0 Å². The lowest BCUT2D eigenvalue weighted by Gasteiger charge is -2.10. The molecule has 5 heteroatoms. The summed E-state index contributed by atoms with van der Waals surface area (Å²) in [6.45, 7) is 0. The maximum Gasteiger partial charge on any atom is 0.323 e. The molecule has 0 aromatic heterocycles. The zero-order valence-corrected chi connectivity index (χ0v) is 8.30. The summed E-state index contributed by atoms with van der Waals surface area (Å²) < 4.78 is 2.49. The molecule has 0 aromatic carbocycles. The Morgan fingerprint density at radius 2 is 2.27 bits per heavy atom. The monoisotopic (exact) mass is 269 g/mol. The van der Waals surface area contributed by atoms with Crippen LogP contribution in [0.3, 0.4) is 0 Å². The summed E-state index contributed by atoms with van der Waals surface area (Å²) in [4.78, 5) is 10.8. The van der Waals surface area contributed by atoms with E-state index >= 15 is 0 Å². The summed E-state index contributed by atoms with van der Waals surface area (Å²) in [5, 5.41) is 2.82. The molecule has 1 fully saturated rings. The Kier molecular flexibility index (Phi) is 3.38. The Bertz CT molecular complexity index is 153. The van der Waals surface area contributed by atoms with Crippen LogP contribution in [0.4, 0.5) is 4.79 Å². The van der Waals surface area contributed by atoms with Crippen LogP contribution in [0.1, 0.15) is 19.3 Å². The first-order valence-corrected chi connectivity index (χ1v) is 4.73. The number of rotatable bonds is 1. The second-order valence-electron chi connectivity index (χ2n) is 2.84. The molecular weight excluding hydrogens is 257 g/mol. The van der Waals surface area contributed by atoms with Crippen LogP contribution >= 0.6 is 22.9 Å². The highest BCUT2D eigenvalue weighted by atomic mass is 127. The van der Waals surface area contributed by atoms with Crippen molar-refractivity contribution in [1.29, 1.82) is 0 Å². The first-order valence-electron chi connectivity index (χ1n) is 3.65. The standard InChI is InChI=1S/C6H12IN3O/c7-10-6(11)9-5-2-1-4(8)3-5/h4-5H,1-3,8H2,(H2,9,10,11). The Labute approximate surface area is 79.8 Å². The van der Waals surface area contributed by atoms with Crippen LogP contribution in [-0.4, -0.2) is 18.1 Å². The van der Waals surface area contributed by atoms with Gasteiger partial charge in [-0.3, -0.25) is 3.53 Å². The molecule has 1 rings (SSSR count). The van der Waals surface area contributed by atoms with Crippen LogP contribution in [0, 0.1) is 0 Å². The molecule has 1 saturated carbocycles. The largest absolute Gasteiger partial charge is 0.335 e. The van der Waals surface area contributed by atoms with Crippen LogP contribution in [0.25, 0.3) is 0 Å². The maximum atomic E-state index is 10.8. The molecule has 4 nitrogen and oxygen atoms in total. The van der Waals surface area contributed by atoms with E-state index in [0.29, 0.717) is 0 Å². The quantitative estimate of drug-likeness (QED) is 0.480. The predicted molar refractivity (Wildman–Crippen MR) is 51.3 cm³/mol. The van der Waals surface area contributed by atoms with E-state index in [-0.39, 0.29) is 18.1 Å². The molecule has 2 unspecified atom stereocenters. The van der Waals surface area contributed by atoms with E-state index in [1.807, 2.05) is 22.9 Å². The van der Waals surface area contributed by atoms with Crippen molar-refractivity contribution in [3.05, 3.63) is 0 Å². The van der Waals surface area contributed by atoms with E-state index in [1.165, 1.54) is 0 Å². The molecule has 4 N–H and O–H groups in total. The van der Waals surface area contributed by atoms with E-state index < -0.39 is 0 Å². The summed E-state index contributed by atoms with van der Waals surface area (Å²) in [6.07, 6.45) is 2.93. The van der Waals surface area contributed by atoms with Crippen molar-refractivity contribution in [1.82, 2.24) is 8.85 Å². The smallest absolute Gasteiger partial charge is 0.323 e. The van der Waals surface area contributed by atoms with Gasteiger partial charge in [0.25, 0.3) is 0 Å². The molecule has 2 atom stereocenters. The molecule has 0 aromatic rings. The topological polar surface area (TPSA) is 67.1 Å². The zero-order chi connectivity index (χ0) is 8.27. The third-order valence-corrected chi connectivity index (χ3v) is 2.38. The molecule has 0 bridgehead atoms. The number of nitrogens with one attached hydrogen (secondary N) is 2. The molecule has 2 amide bonds. The van der Waals surface area contributed by atoms with Crippen LogP contribution in [0.5, 0.6) is 0 Å². The lowest BCUT2D eigenvalue weighted by Crippen LogP contribution is -2.37. The van der Waals surface area contributed by atoms with Crippen molar-refractivity contribution in [3.63, 3.8) is 0 Å². The summed E-state index contributed by atoms with van der Waals surface area (Å²) in [7, 11) is 0. The molecule has 0 heterocycles. The fourth-order valence-corrected chi connectivity index (χ4v) is 1.52.